The smallest absolute Gasteiger partial charge is 0.136 e. The highest BCUT2D eigenvalue weighted by atomic mass is 32.2. The molecule has 0 aliphatic heterocycles. The minimum atomic E-state index is -0.390. The number of hydrogen-bond acceptors (Lipinski definition) is 2. The number of thioether (sulfide) groups is 1. The van der Waals surface area contributed by atoms with Crippen molar-refractivity contribution in [1.29, 1.82) is 0 Å². The van der Waals surface area contributed by atoms with Crippen LogP contribution in [0.1, 0.15) is 20.3 Å². The largest absolute Gasteiger partial charge is 0.316 e. The van der Waals surface area contributed by atoms with Gasteiger partial charge >= 0.3 is 0 Å². The predicted molar refractivity (Wildman–Crippen MR) is 69.4 cm³/mol. The van der Waals surface area contributed by atoms with E-state index in [2.05, 4.69) is 19.2 Å². The van der Waals surface area contributed by atoms with Crippen molar-refractivity contribution >= 4 is 11.8 Å². The summed E-state index contributed by atoms with van der Waals surface area (Å²) in [6.07, 6.45) is 1.07. The summed E-state index contributed by atoms with van der Waals surface area (Å²) in [6, 6.07) is 3.88. The highest BCUT2D eigenvalue weighted by molar-refractivity contribution is 7.99. The van der Waals surface area contributed by atoms with Crippen LogP contribution in [0.15, 0.2) is 23.1 Å². The van der Waals surface area contributed by atoms with E-state index in [0.717, 1.165) is 18.2 Å². The van der Waals surface area contributed by atoms with Crippen LogP contribution in [0.4, 0.5) is 8.78 Å². The molecule has 0 saturated heterocycles. The lowest BCUT2D eigenvalue weighted by Gasteiger charge is -2.22. The Morgan fingerprint density at radius 3 is 2.65 bits per heavy atom. The number of benzene rings is 1. The Labute approximate surface area is 106 Å². The second-order valence-electron chi connectivity index (χ2n) is 4.17. The van der Waals surface area contributed by atoms with Crippen LogP contribution in [-0.2, 0) is 0 Å². The Balaban J connectivity index is 2.62. The zero-order valence-electron chi connectivity index (χ0n) is 10.5. The third kappa shape index (κ3) is 4.28. The van der Waals surface area contributed by atoms with Crippen LogP contribution >= 0.6 is 11.8 Å². The van der Waals surface area contributed by atoms with Gasteiger partial charge in [-0.15, -0.1) is 11.8 Å². The molecule has 0 fully saturated rings. The molecule has 4 heteroatoms. The SMILES string of the molecule is CCC(C)C(CSc1cc(F)ccc1F)NC. The molecule has 1 aromatic carbocycles. The first-order valence-corrected chi connectivity index (χ1v) is 6.82. The fourth-order valence-electron chi connectivity index (χ4n) is 1.58. The fourth-order valence-corrected chi connectivity index (χ4v) is 2.84. The number of rotatable bonds is 6. The molecule has 0 radical (unpaired) electrons. The molecule has 0 aliphatic carbocycles. The Morgan fingerprint density at radius 1 is 1.35 bits per heavy atom. The van der Waals surface area contributed by atoms with Crippen molar-refractivity contribution in [1.82, 2.24) is 5.32 Å². The standard InChI is InChI=1S/C13H19F2NS/c1-4-9(2)12(16-3)8-17-13-7-10(14)5-6-11(13)15/h5-7,9,12,16H,4,8H2,1-3H3. The van der Waals surface area contributed by atoms with Crippen LogP contribution in [0.3, 0.4) is 0 Å². The average molecular weight is 259 g/mol. The third-order valence-electron chi connectivity index (χ3n) is 3.01. The van der Waals surface area contributed by atoms with E-state index >= 15 is 0 Å². The van der Waals surface area contributed by atoms with E-state index in [4.69, 9.17) is 0 Å². The van der Waals surface area contributed by atoms with Crippen LogP contribution in [0.5, 0.6) is 0 Å². The number of hydrogen-bond donors (Lipinski definition) is 1. The van der Waals surface area contributed by atoms with Crippen LogP contribution in [0.25, 0.3) is 0 Å². The van der Waals surface area contributed by atoms with Crippen LogP contribution < -0.4 is 5.32 Å². The highest BCUT2D eigenvalue weighted by Gasteiger charge is 2.15. The van der Waals surface area contributed by atoms with Gasteiger partial charge in [-0.2, -0.15) is 0 Å². The average Bonchev–Trinajstić information content (AvgIpc) is 2.33. The highest BCUT2D eigenvalue weighted by Crippen LogP contribution is 2.25. The van der Waals surface area contributed by atoms with Crippen molar-refractivity contribution in [2.24, 2.45) is 5.92 Å². The lowest BCUT2D eigenvalue weighted by Crippen LogP contribution is -2.34. The van der Waals surface area contributed by atoms with Crippen LogP contribution in [-0.4, -0.2) is 18.8 Å². The third-order valence-corrected chi connectivity index (χ3v) is 4.16. The summed E-state index contributed by atoms with van der Waals surface area (Å²) >= 11 is 1.36. The van der Waals surface area contributed by atoms with Gasteiger partial charge in [-0.05, 0) is 31.2 Å². The quantitative estimate of drug-likeness (QED) is 0.782. The first-order valence-electron chi connectivity index (χ1n) is 5.83. The predicted octanol–water partition coefficient (Wildman–Crippen LogP) is 3.69. The number of nitrogens with one attached hydrogen (secondary N) is 1. The summed E-state index contributed by atoms with van der Waals surface area (Å²) in [5, 5.41) is 3.22. The molecule has 2 atom stereocenters. The molecule has 1 nitrogen and oxygen atoms in total. The molecule has 1 N–H and O–H groups in total. The van der Waals surface area contributed by atoms with Gasteiger partial charge in [0.05, 0.1) is 0 Å². The molecule has 1 aromatic rings. The first kappa shape index (κ1) is 14.5. The Morgan fingerprint density at radius 2 is 2.06 bits per heavy atom. The van der Waals surface area contributed by atoms with Gasteiger partial charge in [-0.25, -0.2) is 8.78 Å². The molecule has 0 aliphatic rings. The topological polar surface area (TPSA) is 12.0 Å². The van der Waals surface area contributed by atoms with Crippen molar-refractivity contribution in [3.8, 4) is 0 Å². The molecule has 0 aromatic heterocycles. The van der Waals surface area contributed by atoms with Crippen molar-refractivity contribution in [2.75, 3.05) is 12.8 Å². The van der Waals surface area contributed by atoms with E-state index in [1.165, 1.54) is 23.9 Å². The summed E-state index contributed by atoms with van der Waals surface area (Å²) in [4.78, 5) is 0.383. The second-order valence-corrected chi connectivity index (χ2v) is 5.23. The van der Waals surface area contributed by atoms with Gasteiger partial charge in [0.15, 0.2) is 0 Å². The monoisotopic (exact) mass is 259 g/mol. The van der Waals surface area contributed by atoms with Gasteiger partial charge in [0.25, 0.3) is 0 Å². The molecule has 0 saturated carbocycles. The zero-order valence-corrected chi connectivity index (χ0v) is 11.3. The van der Waals surface area contributed by atoms with E-state index in [9.17, 15) is 8.78 Å². The molecule has 17 heavy (non-hydrogen) atoms. The van der Waals surface area contributed by atoms with Gasteiger partial charge < -0.3 is 5.32 Å². The minimum absolute atomic E-state index is 0.313. The summed E-state index contributed by atoms with van der Waals surface area (Å²) in [6.45, 7) is 4.28. The fraction of sp³-hybridized carbons (Fsp3) is 0.538. The summed E-state index contributed by atoms with van der Waals surface area (Å²) in [7, 11) is 1.90. The van der Waals surface area contributed by atoms with E-state index in [1.807, 2.05) is 7.05 Å². The minimum Gasteiger partial charge on any atom is -0.316 e. The Hall–Kier alpha value is -0.610. The molecular weight excluding hydrogens is 240 g/mol. The van der Waals surface area contributed by atoms with Gasteiger partial charge in [-0.3, -0.25) is 0 Å². The van der Waals surface area contributed by atoms with Gasteiger partial charge in [-0.1, -0.05) is 20.3 Å². The van der Waals surface area contributed by atoms with Crippen molar-refractivity contribution in [3.05, 3.63) is 29.8 Å². The van der Waals surface area contributed by atoms with Crippen molar-refractivity contribution in [2.45, 2.75) is 31.2 Å². The normalized spacial score (nSPS) is 14.6. The lowest BCUT2D eigenvalue weighted by molar-refractivity contribution is 0.420. The maximum absolute atomic E-state index is 13.4. The lowest BCUT2D eigenvalue weighted by atomic mass is 10.0. The van der Waals surface area contributed by atoms with E-state index in [-0.39, 0.29) is 5.82 Å². The van der Waals surface area contributed by atoms with Crippen LogP contribution in [0, 0.1) is 17.6 Å². The Kier molecular flexibility index (Phi) is 5.92. The molecule has 96 valence electrons. The maximum atomic E-state index is 13.4. The second kappa shape index (κ2) is 6.97. The molecule has 0 spiro atoms. The molecule has 1 rings (SSSR count). The van der Waals surface area contributed by atoms with Gasteiger partial charge in [0.2, 0.25) is 0 Å². The zero-order chi connectivity index (χ0) is 12.8. The van der Waals surface area contributed by atoms with Crippen molar-refractivity contribution < 1.29 is 8.78 Å². The molecule has 0 heterocycles. The summed E-state index contributed by atoms with van der Waals surface area (Å²) in [5.74, 6) is 0.518. The first-order chi connectivity index (χ1) is 8.08. The summed E-state index contributed by atoms with van der Waals surface area (Å²) in [5.41, 5.74) is 0. The van der Waals surface area contributed by atoms with Crippen molar-refractivity contribution in [3.63, 3.8) is 0 Å². The molecular formula is C13H19F2NS. The summed E-state index contributed by atoms with van der Waals surface area (Å²) < 4.78 is 26.4. The van der Waals surface area contributed by atoms with Gasteiger partial charge in [0.1, 0.15) is 11.6 Å². The van der Waals surface area contributed by atoms with Crippen LogP contribution in [0.2, 0.25) is 0 Å². The van der Waals surface area contributed by atoms with E-state index in [0.29, 0.717) is 16.9 Å². The molecule has 0 bridgehead atoms. The van der Waals surface area contributed by atoms with E-state index in [1.54, 1.807) is 0 Å². The van der Waals surface area contributed by atoms with E-state index < -0.39 is 5.82 Å². The maximum Gasteiger partial charge on any atom is 0.136 e. The molecule has 0 amide bonds. The number of halogens is 2. The Bertz CT molecular complexity index is 357. The molecule has 2 unspecified atom stereocenters. The van der Waals surface area contributed by atoms with Gasteiger partial charge in [0, 0.05) is 16.7 Å².